The summed E-state index contributed by atoms with van der Waals surface area (Å²) in [4.78, 5) is 26.0. The van der Waals surface area contributed by atoms with Crippen molar-refractivity contribution >= 4 is 17.5 Å². The molecule has 0 radical (unpaired) electrons. The first-order chi connectivity index (χ1) is 13.3. The van der Waals surface area contributed by atoms with Gasteiger partial charge in [-0.05, 0) is 49.9 Å². The van der Waals surface area contributed by atoms with Gasteiger partial charge < -0.3 is 15.0 Å². The maximum Gasteiger partial charge on any atom is 0.405 e. The molecular weight excluding hydrogens is 377 g/mol. The van der Waals surface area contributed by atoms with Crippen LogP contribution in [0.1, 0.15) is 25.7 Å². The highest BCUT2D eigenvalue weighted by molar-refractivity contribution is 5.95. The molecule has 2 unspecified atom stereocenters. The maximum atomic E-state index is 12.6. The van der Waals surface area contributed by atoms with E-state index in [0.717, 1.165) is 32.4 Å². The number of nitrogens with one attached hydrogen (secondary N) is 3. The molecule has 2 amide bonds. The zero-order chi connectivity index (χ0) is 20.1. The largest absolute Gasteiger partial charge is 0.484 e. The van der Waals surface area contributed by atoms with Crippen molar-refractivity contribution in [3.05, 3.63) is 24.3 Å². The third-order valence-electron chi connectivity index (χ3n) is 4.81. The van der Waals surface area contributed by atoms with Crippen LogP contribution < -0.4 is 20.9 Å². The first-order valence-electron chi connectivity index (χ1n) is 9.22. The minimum atomic E-state index is -4.41. The topological polar surface area (TPSA) is 82.7 Å². The Morgan fingerprint density at radius 2 is 1.79 bits per heavy atom. The molecule has 7 nitrogen and oxygen atoms in total. The van der Waals surface area contributed by atoms with Crippen LogP contribution in [0.25, 0.3) is 0 Å². The molecule has 2 heterocycles. The van der Waals surface area contributed by atoms with Gasteiger partial charge in [0, 0.05) is 18.8 Å². The fraction of sp³-hybridized carbons (Fsp3) is 0.556. The van der Waals surface area contributed by atoms with Gasteiger partial charge in [0.25, 0.3) is 5.91 Å². The predicted molar refractivity (Wildman–Crippen MR) is 95.5 cm³/mol. The minimum Gasteiger partial charge on any atom is -0.484 e. The van der Waals surface area contributed by atoms with Gasteiger partial charge in [0.15, 0.2) is 6.61 Å². The number of benzene rings is 1. The van der Waals surface area contributed by atoms with Crippen LogP contribution in [0, 0.1) is 0 Å². The summed E-state index contributed by atoms with van der Waals surface area (Å²) in [6, 6.07) is 3.60. The van der Waals surface area contributed by atoms with E-state index in [0.29, 0.717) is 11.4 Å². The van der Waals surface area contributed by atoms with Crippen LogP contribution in [-0.2, 0) is 9.59 Å². The molecular formula is C18H23F3N4O3. The number of amides is 2. The van der Waals surface area contributed by atoms with Gasteiger partial charge in [-0.25, -0.2) is 10.9 Å². The predicted octanol–water partition coefficient (Wildman–Crippen LogP) is 1.81. The molecule has 0 aromatic heterocycles. The number of hydrogen-bond donors (Lipinski definition) is 3. The maximum absolute atomic E-state index is 12.6. The van der Waals surface area contributed by atoms with Crippen LogP contribution in [0.4, 0.5) is 18.9 Å². The van der Waals surface area contributed by atoms with E-state index in [9.17, 15) is 22.8 Å². The Balaban J connectivity index is 1.45. The van der Waals surface area contributed by atoms with E-state index >= 15 is 0 Å². The second-order valence-electron chi connectivity index (χ2n) is 6.91. The third kappa shape index (κ3) is 5.35. The van der Waals surface area contributed by atoms with Gasteiger partial charge in [0.2, 0.25) is 5.91 Å². The Kier molecular flexibility index (Phi) is 6.40. The van der Waals surface area contributed by atoms with Gasteiger partial charge in [0.05, 0.1) is 0 Å². The molecule has 2 saturated heterocycles. The summed E-state index contributed by atoms with van der Waals surface area (Å²) in [7, 11) is 0. The fourth-order valence-corrected chi connectivity index (χ4v) is 3.19. The molecule has 154 valence electrons. The highest BCUT2D eigenvalue weighted by atomic mass is 19.4. The second kappa shape index (κ2) is 8.78. The van der Waals surface area contributed by atoms with E-state index in [1.54, 1.807) is 29.2 Å². The third-order valence-corrected chi connectivity index (χ3v) is 4.81. The van der Waals surface area contributed by atoms with E-state index in [1.807, 2.05) is 0 Å². The second-order valence-corrected chi connectivity index (χ2v) is 6.91. The van der Waals surface area contributed by atoms with Gasteiger partial charge in [-0.3, -0.25) is 9.59 Å². The van der Waals surface area contributed by atoms with Crippen molar-refractivity contribution in [3.8, 4) is 5.75 Å². The molecule has 1 aromatic carbocycles. The molecule has 0 spiro atoms. The molecule has 2 aliphatic rings. The molecule has 3 rings (SSSR count). The summed E-state index contributed by atoms with van der Waals surface area (Å²) in [5, 5.41) is 2.56. The average molecular weight is 400 g/mol. The number of halogens is 3. The molecule has 2 fully saturated rings. The monoisotopic (exact) mass is 400 g/mol. The van der Waals surface area contributed by atoms with Crippen molar-refractivity contribution in [2.24, 2.45) is 0 Å². The molecule has 0 bridgehead atoms. The quantitative estimate of drug-likeness (QED) is 0.702. The molecule has 2 aliphatic heterocycles. The number of rotatable bonds is 5. The summed E-state index contributed by atoms with van der Waals surface area (Å²) < 4.78 is 43.4. The van der Waals surface area contributed by atoms with Crippen LogP contribution >= 0.6 is 0 Å². The number of carbonyl (C=O) groups is 2. The van der Waals surface area contributed by atoms with E-state index in [4.69, 9.17) is 4.74 Å². The number of likely N-dealkylation sites (tertiary alicyclic amines) is 1. The molecule has 10 heteroatoms. The van der Waals surface area contributed by atoms with Gasteiger partial charge in [0.1, 0.15) is 17.8 Å². The van der Waals surface area contributed by atoms with Gasteiger partial charge in [-0.2, -0.15) is 13.2 Å². The van der Waals surface area contributed by atoms with Crippen molar-refractivity contribution in [1.29, 1.82) is 0 Å². The standard InChI is InChI=1S/C18H23F3N4O3/c19-18(20,21)15-10-14(23-24-15)17(27)22-12-4-6-13(7-5-12)28-11-16(26)25-8-2-1-3-9-25/h4-7,14-15,23-24H,1-3,8-11H2,(H,22,27). The number of hydrazine groups is 1. The lowest BCUT2D eigenvalue weighted by atomic mass is 10.1. The lowest BCUT2D eigenvalue weighted by Crippen LogP contribution is -2.43. The molecule has 3 N–H and O–H groups in total. The lowest BCUT2D eigenvalue weighted by Gasteiger charge is -2.26. The number of carbonyl (C=O) groups excluding carboxylic acids is 2. The van der Waals surface area contributed by atoms with Crippen molar-refractivity contribution in [1.82, 2.24) is 15.8 Å². The minimum absolute atomic E-state index is 0.0534. The van der Waals surface area contributed by atoms with Crippen molar-refractivity contribution in [2.45, 2.75) is 43.9 Å². The summed E-state index contributed by atoms with van der Waals surface area (Å²) >= 11 is 0. The van der Waals surface area contributed by atoms with E-state index in [1.165, 1.54) is 0 Å². The van der Waals surface area contributed by atoms with Crippen molar-refractivity contribution < 1.29 is 27.5 Å². The number of nitrogens with zero attached hydrogens (tertiary/aromatic N) is 1. The van der Waals surface area contributed by atoms with E-state index in [2.05, 4.69) is 16.2 Å². The van der Waals surface area contributed by atoms with Crippen LogP contribution in [-0.4, -0.2) is 54.7 Å². The summed E-state index contributed by atoms with van der Waals surface area (Å²) in [6.45, 7) is 1.46. The Labute approximate surface area is 160 Å². The Morgan fingerprint density at radius 1 is 1.11 bits per heavy atom. The number of piperidine rings is 1. The number of alkyl halides is 3. The van der Waals surface area contributed by atoms with Crippen molar-refractivity contribution in [3.63, 3.8) is 0 Å². The highest BCUT2D eigenvalue weighted by Gasteiger charge is 2.45. The molecule has 1 aromatic rings. The Bertz CT molecular complexity index is 690. The van der Waals surface area contributed by atoms with Crippen LogP contribution in [0.3, 0.4) is 0 Å². The zero-order valence-corrected chi connectivity index (χ0v) is 15.2. The fourth-order valence-electron chi connectivity index (χ4n) is 3.19. The first-order valence-corrected chi connectivity index (χ1v) is 9.22. The van der Waals surface area contributed by atoms with E-state index < -0.39 is 24.2 Å². The van der Waals surface area contributed by atoms with Crippen LogP contribution in [0.5, 0.6) is 5.75 Å². The molecule has 0 saturated carbocycles. The van der Waals surface area contributed by atoms with Gasteiger partial charge >= 0.3 is 6.18 Å². The number of anilines is 1. The summed E-state index contributed by atoms with van der Waals surface area (Å²) in [5.74, 6) is -0.148. The van der Waals surface area contributed by atoms with Gasteiger partial charge in [-0.1, -0.05) is 0 Å². The number of ether oxygens (including phenoxy) is 1. The average Bonchev–Trinajstić information content (AvgIpc) is 3.19. The SMILES string of the molecule is O=C(Nc1ccc(OCC(=O)N2CCCCC2)cc1)C1CC(C(F)(F)F)NN1. The van der Waals surface area contributed by atoms with Crippen LogP contribution in [0.15, 0.2) is 24.3 Å². The first kappa shape index (κ1) is 20.4. The summed E-state index contributed by atoms with van der Waals surface area (Å²) in [6.07, 6.45) is -1.63. The highest BCUT2D eigenvalue weighted by Crippen LogP contribution is 2.26. The molecule has 2 atom stereocenters. The zero-order valence-electron chi connectivity index (χ0n) is 15.2. The Morgan fingerprint density at radius 3 is 2.39 bits per heavy atom. The van der Waals surface area contributed by atoms with Crippen molar-refractivity contribution in [2.75, 3.05) is 25.0 Å². The van der Waals surface area contributed by atoms with Gasteiger partial charge in [-0.15, -0.1) is 0 Å². The molecule has 0 aliphatic carbocycles. The normalized spacial score (nSPS) is 22.8. The lowest BCUT2D eigenvalue weighted by molar-refractivity contribution is -0.153. The number of hydrogen-bond acceptors (Lipinski definition) is 5. The smallest absolute Gasteiger partial charge is 0.405 e. The molecule has 28 heavy (non-hydrogen) atoms. The van der Waals surface area contributed by atoms with Crippen LogP contribution in [0.2, 0.25) is 0 Å². The van der Waals surface area contributed by atoms with E-state index in [-0.39, 0.29) is 18.9 Å². The summed E-state index contributed by atoms with van der Waals surface area (Å²) in [5.41, 5.74) is 4.87. The Hall–Kier alpha value is -2.33.